The van der Waals surface area contributed by atoms with Crippen LogP contribution in [-0.2, 0) is 14.3 Å². The molecule has 0 aromatic heterocycles. The SMILES string of the molecule is COCCN1C(=O)C(C(C)=NC[C@H](c2ccc(OC)cc2)[NH+](C)C)C(=O)NC1=S. The van der Waals surface area contributed by atoms with Gasteiger partial charge in [0.25, 0.3) is 0 Å². The summed E-state index contributed by atoms with van der Waals surface area (Å²) in [7, 11) is 7.26. The van der Waals surface area contributed by atoms with Gasteiger partial charge in [-0.15, -0.1) is 0 Å². The molecule has 2 atom stereocenters. The van der Waals surface area contributed by atoms with Gasteiger partial charge in [0.2, 0.25) is 11.8 Å². The summed E-state index contributed by atoms with van der Waals surface area (Å²) in [5, 5.41) is 2.70. The largest absolute Gasteiger partial charge is 0.497 e. The van der Waals surface area contributed by atoms with Crippen molar-refractivity contribution in [3.63, 3.8) is 0 Å². The van der Waals surface area contributed by atoms with Crippen LogP contribution in [0.15, 0.2) is 29.3 Å². The van der Waals surface area contributed by atoms with Crippen LogP contribution in [0.1, 0.15) is 18.5 Å². The molecule has 1 aliphatic heterocycles. The van der Waals surface area contributed by atoms with Crippen LogP contribution in [0, 0.1) is 5.92 Å². The molecule has 2 amide bonds. The molecule has 2 rings (SSSR count). The third-order valence-corrected chi connectivity index (χ3v) is 5.25. The summed E-state index contributed by atoms with van der Waals surface area (Å²) in [6.45, 7) is 2.77. The summed E-state index contributed by atoms with van der Waals surface area (Å²) in [6, 6.07) is 7.90. The molecule has 1 aromatic rings. The maximum Gasteiger partial charge on any atom is 0.247 e. The lowest BCUT2D eigenvalue weighted by Crippen LogP contribution is -3.06. The van der Waals surface area contributed by atoms with E-state index in [2.05, 4.69) is 10.3 Å². The Bertz CT molecular complexity index is 779. The molecule has 1 aliphatic rings. The van der Waals surface area contributed by atoms with Gasteiger partial charge in [-0.2, -0.15) is 0 Å². The first kappa shape index (κ1) is 22.9. The molecule has 1 aromatic carbocycles. The quantitative estimate of drug-likeness (QED) is 0.329. The van der Waals surface area contributed by atoms with E-state index in [-0.39, 0.29) is 23.6 Å². The van der Waals surface area contributed by atoms with Crippen LogP contribution < -0.4 is 15.0 Å². The fourth-order valence-electron chi connectivity index (χ4n) is 3.16. The molecule has 0 radical (unpaired) electrons. The Morgan fingerprint density at radius 1 is 1.28 bits per heavy atom. The first-order valence-electron chi connectivity index (χ1n) is 9.40. The van der Waals surface area contributed by atoms with Gasteiger partial charge in [-0.1, -0.05) is 0 Å². The highest BCUT2D eigenvalue weighted by molar-refractivity contribution is 7.80. The van der Waals surface area contributed by atoms with E-state index in [0.29, 0.717) is 18.9 Å². The number of ether oxygens (including phenoxy) is 2. The second kappa shape index (κ2) is 10.4. The monoisotopic (exact) mass is 421 g/mol. The second-order valence-corrected chi connectivity index (χ2v) is 7.48. The second-order valence-electron chi connectivity index (χ2n) is 7.10. The average Bonchev–Trinajstić information content (AvgIpc) is 2.68. The molecular formula is C20H29N4O4S+. The number of benzene rings is 1. The number of hydrogen-bond donors (Lipinski definition) is 2. The van der Waals surface area contributed by atoms with E-state index in [1.54, 1.807) is 21.1 Å². The van der Waals surface area contributed by atoms with Crippen molar-refractivity contribution in [2.75, 3.05) is 48.0 Å². The standard InChI is InChI=1S/C20H28N4O4S/c1-13(17-18(25)22-20(29)24(19(17)26)10-11-27-4)21-12-16(23(2)3)14-6-8-15(28-5)9-7-14/h6-9,16-17H,10-12H2,1-5H3,(H,22,25,29)/p+1/t16-,17?/m1/s1. The maximum absolute atomic E-state index is 12.8. The molecule has 8 nitrogen and oxygen atoms in total. The minimum absolute atomic E-state index is 0.0725. The maximum atomic E-state index is 12.8. The van der Waals surface area contributed by atoms with Gasteiger partial charge in [0.15, 0.2) is 11.0 Å². The van der Waals surface area contributed by atoms with E-state index in [9.17, 15) is 9.59 Å². The predicted molar refractivity (Wildman–Crippen MR) is 114 cm³/mol. The minimum Gasteiger partial charge on any atom is -0.497 e. The fraction of sp³-hybridized carbons (Fsp3) is 0.500. The zero-order valence-corrected chi connectivity index (χ0v) is 18.3. The molecule has 1 saturated heterocycles. The smallest absolute Gasteiger partial charge is 0.247 e. The van der Waals surface area contributed by atoms with E-state index >= 15 is 0 Å². The number of nitrogens with zero attached hydrogens (tertiary/aromatic N) is 2. The fourth-order valence-corrected chi connectivity index (χ4v) is 3.44. The molecule has 1 fully saturated rings. The lowest BCUT2D eigenvalue weighted by atomic mass is 9.99. The van der Waals surface area contributed by atoms with Crippen molar-refractivity contribution >= 4 is 34.9 Å². The normalized spacial score (nSPS) is 18.8. The van der Waals surface area contributed by atoms with Crippen molar-refractivity contribution in [3.8, 4) is 5.75 Å². The van der Waals surface area contributed by atoms with Gasteiger partial charge in [-0.3, -0.25) is 19.5 Å². The molecule has 0 spiro atoms. The molecular weight excluding hydrogens is 392 g/mol. The number of nitrogens with one attached hydrogen (secondary N) is 2. The lowest BCUT2D eigenvalue weighted by molar-refractivity contribution is -0.890. The zero-order valence-electron chi connectivity index (χ0n) is 17.5. The van der Waals surface area contributed by atoms with Gasteiger partial charge in [-0.05, 0) is 43.4 Å². The van der Waals surface area contributed by atoms with Gasteiger partial charge in [0, 0.05) is 18.4 Å². The van der Waals surface area contributed by atoms with Gasteiger partial charge in [-0.25, -0.2) is 0 Å². The number of quaternary nitrogens is 1. The van der Waals surface area contributed by atoms with Crippen molar-refractivity contribution in [1.82, 2.24) is 10.2 Å². The number of carbonyl (C=O) groups excluding carboxylic acids is 2. The van der Waals surface area contributed by atoms with Crippen LogP contribution in [0.4, 0.5) is 0 Å². The van der Waals surface area contributed by atoms with Crippen LogP contribution in [0.2, 0.25) is 0 Å². The number of methoxy groups -OCH3 is 2. The lowest BCUT2D eigenvalue weighted by Gasteiger charge is -2.32. The summed E-state index contributed by atoms with van der Waals surface area (Å²) in [5.41, 5.74) is 1.57. The summed E-state index contributed by atoms with van der Waals surface area (Å²) in [6.07, 6.45) is 0. The van der Waals surface area contributed by atoms with Crippen LogP contribution in [0.3, 0.4) is 0 Å². The zero-order chi connectivity index (χ0) is 21.6. The molecule has 1 heterocycles. The van der Waals surface area contributed by atoms with Gasteiger partial charge in [0.05, 0.1) is 40.9 Å². The number of aliphatic imine (C=N–C) groups is 1. The van der Waals surface area contributed by atoms with E-state index in [1.165, 1.54) is 9.80 Å². The molecule has 158 valence electrons. The summed E-state index contributed by atoms with van der Waals surface area (Å²) >= 11 is 5.12. The highest BCUT2D eigenvalue weighted by Crippen LogP contribution is 2.18. The Balaban J connectivity index is 2.18. The number of likely N-dealkylation sites (N-methyl/N-ethyl adjacent to an activating group) is 1. The third-order valence-electron chi connectivity index (χ3n) is 4.93. The number of amides is 2. The first-order chi connectivity index (χ1) is 13.8. The van der Waals surface area contributed by atoms with Crippen molar-refractivity contribution in [1.29, 1.82) is 0 Å². The molecule has 0 saturated carbocycles. The molecule has 9 heteroatoms. The molecule has 1 unspecified atom stereocenters. The summed E-state index contributed by atoms with van der Waals surface area (Å²) in [5.74, 6) is -0.992. The van der Waals surface area contributed by atoms with Crippen molar-refractivity contribution < 1.29 is 24.0 Å². The van der Waals surface area contributed by atoms with Gasteiger partial charge >= 0.3 is 0 Å². The topological polar surface area (TPSA) is 84.7 Å². The van der Waals surface area contributed by atoms with E-state index in [1.807, 2.05) is 38.4 Å². The van der Waals surface area contributed by atoms with E-state index in [0.717, 1.165) is 11.3 Å². The Kier molecular flexibility index (Phi) is 8.24. The van der Waals surface area contributed by atoms with Crippen molar-refractivity contribution in [3.05, 3.63) is 29.8 Å². The minimum atomic E-state index is -0.979. The Hall–Kier alpha value is -2.36. The van der Waals surface area contributed by atoms with Crippen LogP contribution in [0.5, 0.6) is 5.75 Å². The molecule has 29 heavy (non-hydrogen) atoms. The molecule has 2 N–H and O–H groups in total. The number of carbonyl (C=O) groups is 2. The summed E-state index contributed by atoms with van der Waals surface area (Å²) < 4.78 is 10.2. The van der Waals surface area contributed by atoms with Crippen LogP contribution >= 0.6 is 12.2 Å². The van der Waals surface area contributed by atoms with E-state index < -0.39 is 11.8 Å². The Labute approximate surface area is 176 Å². The highest BCUT2D eigenvalue weighted by atomic mass is 32.1. The van der Waals surface area contributed by atoms with Crippen molar-refractivity contribution in [2.45, 2.75) is 13.0 Å². The first-order valence-corrected chi connectivity index (χ1v) is 9.81. The van der Waals surface area contributed by atoms with Crippen LogP contribution in [0.25, 0.3) is 0 Å². The Morgan fingerprint density at radius 3 is 2.48 bits per heavy atom. The molecule has 0 aliphatic carbocycles. The number of hydrogen-bond acceptors (Lipinski definition) is 6. The molecule has 0 bridgehead atoms. The van der Waals surface area contributed by atoms with Gasteiger partial charge < -0.3 is 19.7 Å². The van der Waals surface area contributed by atoms with Crippen molar-refractivity contribution in [2.24, 2.45) is 10.9 Å². The van der Waals surface area contributed by atoms with E-state index in [4.69, 9.17) is 21.7 Å². The van der Waals surface area contributed by atoms with Gasteiger partial charge in [0.1, 0.15) is 11.8 Å². The third kappa shape index (κ3) is 5.59. The predicted octanol–water partition coefficient (Wildman–Crippen LogP) is -0.152. The highest BCUT2D eigenvalue weighted by Gasteiger charge is 2.40. The Morgan fingerprint density at radius 2 is 1.93 bits per heavy atom. The summed E-state index contributed by atoms with van der Waals surface area (Å²) in [4.78, 5) is 32.4. The van der Waals surface area contributed by atoms with Crippen LogP contribution in [-0.4, -0.2) is 75.5 Å². The number of rotatable bonds is 9. The number of thiocarbonyl (C=S) groups is 1. The average molecular weight is 422 g/mol.